The van der Waals surface area contributed by atoms with Crippen LogP contribution in [0.3, 0.4) is 0 Å². The normalized spacial score (nSPS) is 12.8. The molecule has 10 heteroatoms. The molecule has 51 heavy (non-hydrogen) atoms. The number of rotatable bonds is 28. The van der Waals surface area contributed by atoms with Gasteiger partial charge in [-0.15, -0.1) is 0 Å². The number of nitrogens with one attached hydrogen (secondary N) is 4. The van der Waals surface area contributed by atoms with E-state index in [1.165, 1.54) is 89.7 Å². The van der Waals surface area contributed by atoms with Gasteiger partial charge >= 0.3 is 0 Å². The topological polar surface area (TPSA) is 137 Å². The minimum atomic E-state index is -1.02. The van der Waals surface area contributed by atoms with Gasteiger partial charge in [-0.2, -0.15) is 11.8 Å². The number of aromatic hydroxyl groups is 1. The SMILES string of the molecule is CCCCCCCCCCCCCCCCNC(=O)[C@H](CCSC)NC(=O)[C@H](Cc1ccc(O)cc1)NC(=O)[C@H](Cc1ccccc1)NC(C)=O. The Morgan fingerprint density at radius 3 is 1.59 bits per heavy atom. The largest absolute Gasteiger partial charge is 0.508 e. The summed E-state index contributed by atoms with van der Waals surface area (Å²) in [6.07, 6.45) is 20.5. The van der Waals surface area contributed by atoms with Gasteiger partial charge in [-0.1, -0.05) is 133 Å². The lowest BCUT2D eigenvalue weighted by molar-refractivity contribution is -0.133. The number of benzene rings is 2. The van der Waals surface area contributed by atoms with Gasteiger partial charge in [0.15, 0.2) is 0 Å². The second kappa shape index (κ2) is 27.2. The lowest BCUT2D eigenvalue weighted by Crippen LogP contribution is -2.57. The monoisotopic (exact) mass is 724 g/mol. The van der Waals surface area contributed by atoms with E-state index in [4.69, 9.17) is 0 Å². The van der Waals surface area contributed by atoms with Crippen molar-refractivity contribution in [2.75, 3.05) is 18.6 Å². The Labute approximate surface area is 311 Å². The number of unbranched alkanes of at least 4 members (excludes halogenated alkanes) is 13. The first kappa shape index (κ1) is 43.6. The van der Waals surface area contributed by atoms with Gasteiger partial charge in [-0.3, -0.25) is 19.2 Å². The highest BCUT2D eigenvalue weighted by Gasteiger charge is 2.29. The molecule has 9 nitrogen and oxygen atoms in total. The van der Waals surface area contributed by atoms with Crippen molar-refractivity contribution in [2.45, 2.75) is 141 Å². The predicted octanol–water partition coefficient (Wildman–Crippen LogP) is 7.00. The molecule has 0 aliphatic heterocycles. The van der Waals surface area contributed by atoms with Gasteiger partial charge in [-0.25, -0.2) is 0 Å². The standard InChI is InChI=1S/C41H64N4O5S/c1-4-5-6-7-8-9-10-11-12-13-14-15-16-20-28-42-39(48)36(27-29-51-3)44-41(50)38(31-34-23-25-35(47)26-24-34)45-40(49)37(43-32(2)46)30-33-21-18-17-19-22-33/h17-19,21-26,36-38,47H,4-16,20,27-31H2,1-3H3,(H,42,48)(H,43,46)(H,44,50)(H,45,49)/t36-,37-,38-/m0/s1. The van der Waals surface area contributed by atoms with Crippen LogP contribution in [0.25, 0.3) is 0 Å². The van der Waals surface area contributed by atoms with E-state index >= 15 is 0 Å². The number of phenolic OH excluding ortho intramolecular Hbond substituents is 1. The van der Waals surface area contributed by atoms with Crippen molar-refractivity contribution in [3.63, 3.8) is 0 Å². The molecule has 0 spiro atoms. The number of hydrogen-bond acceptors (Lipinski definition) is 6. The average molecular weight is 725 g/mol. The molecule has 5 N–H and O–H groups in total. The first-order valence-corrected chi connectivity index (χ1v) is 20.6. The average Bonchev–Trinajstić information content (AvgIpc) is 3.12. The van der Waals surface area contributed by atoms with Gasteiger partial charge in [0.05, 0.1) is 0 Å². The predicted molar refractivity (Wildman–Crippen MR) is 210 cm³/mol. The second-order valence-electron chi connectivity index (χ2n) is 13.6. The van der Waals surface area contributed by atoms with Crippen LogP contribution in [0.1, 0.15) is 121 Å². The maximum absolute atomic E-state index is 13.8. The Balaban J connectivity index is 1.91. The summed E-state index contributed by atoms with van der Waals surface area (Å²) in [5, 5.41) is 21.2. The maximum Gasteiger partial charge on any atom is 0.243 e. The van der Waals surface area contributed by atoms with Crippen LogP contribution in [0.5, 0.6) is 5.75 Å². The zero-order valence-corrected chi connectivity index (χ0v) is 32.2. The molecule has 0 bridgehead atoms. The molecule has 0 heterocycles. The van der Waals surface area contributed by atoms with E-state index in [1.54, 1.807) is 23.9 Å². The molecule has 2 aromatic rings. The molecule has 284 valence electrons. The highest BCUT2D eigenvalue weighted by atomic mass is 32.2. The van der Waals surface area contributed by atoms with E-state index in [0.29, 0.717) is 18.7 Å². The van der Waals surface area contributed by atoms with Gasteiger partial charge < -0.3 is 26.4 Å². The molecule has 2 rings (SSSR count). The Morgan fingerprint density at radius 1 is 0.608 bits per heavy atom. The zero-order valence-electron chi connectivity index (χ0n) is 31.4. The summed E-state index contributed by atoms with van der Waals surface area (Å²) in [5.41, 5.74) is 1.58. The quantitative estimate of drug-likeness (QED) is 0.0600. The van der Waals surface area contributed by atoms with Crippen LogP contribution in [0.15, 0.2) is 54.6 Å². The summed E-state index contributed by atoms with van der Waals surface area (Å²) in [7, 11) is 0. The fraction of sp³-hybridized carbons (Fsp3) is 0.610. The molecular weight excluding hydrogens is 661 g/mol. The van der Waals surface area contributed by atoms with Crippen LogP contribution < -0.4 is 21.3 Å². The van der Waals surface area contributed by atoms with Crippen LogP contribution in [-0.2, 0) is 32.0 Å². The smallest absolute Gasteiger partial charge is 0.243 e. The zero-order chi connectivity index (χ0) is 37.1. The van der Waals surface area contributed by atoms with Crippen LogP contribution in [0, 0.1) is 0 Å². The highest BCUT2D eigenvalue weighted by molar-refractivity contribution is 7.98. The Hall–Kier alpha value is -3.53. The summed E-state index contributed by atoms with van der Waals surface area (Å²) in [4.78, 5) is 52.7. The molecule has 4 amide bonds. The van der Waals surface area contributed by atoms with Crippen LogP contribution >= 0.6 is 11.8 Å². The molecule has 0 unspecified atom stereocenters. The summed E-state index contributed by atoms with van der Waals surface area (Å²) >= 11 is 1.59. The molecule has 0 aliphatic rings. The van der Waals surface area contributed by atoms with Crippen LogP contribution in [0.2, 0.25) is 0 Å². The number of phenols is 1. The fourth-order valence-corrected chi connectivity index (χ4v) is 6.56. The molecular formula is C41H64N4O5S. The van der Waals surface area contributed by atoms with E-state index in [9.17, 15) is 24.3 Å². The van der Waals surface area contributed by atoms with Gasteiger partial charge in [0.2, 0.25) is 23.6 Å². The number of hydrogen-bond donors (Lipinski definition) is 5. The van der Waals surface area contributed by atoms with E-state index in [2.05, 4.69) is 28.2 Å². The molecule has 0 saturated carbocycles. The summed E-state index contributed by atoms with van der Waals surface area (Å²) in [5.74, 6) is -0.829. The van der Waals surface area contributed by atoms with Crippen molar-refractivity contribution in [3.05, 3.63) is 65.7 Å². The number of thioether (sulfide) groups is 1. The van der Waals surface area contributed by atoms with Crippen molar-refractivity contribution in [3.8, 4) is 5.75 Å². The summed E-state index contributed by atoms with van der Waals surface area (Å²) in [6.45, 7) is 4.15. The van der Waals surface area contributed by atoms with Crippen molar-refractivity contribution in [1.82, 2.24) is 21.3 Å². The molecule has 0 aliphatic carbocycles. The first-order chi connectivity index (χ1) is 24.7. The second-order valence-corrected chi connectivity index (χ2v) is 14.6. The molecule has 0 radical (unpaired) electrons. The number of carbonyl (C=O) groups excluding carboxylic acids is 4. The van der Waals surface area contributed by atoms with Crippen molar-refractivity contribution < 1.29 is 24.3 Å². The third-order valence-electron chi connectivity index (χ3n) is 9.06. The lowest BCUT2D eigenvalue weighted by atomic mass is 10.0. The molecule has 0 aromatic heterocycles. The molecule has 3 atom stereocenters. The third-order valence-corrected chi connectivity index (χ3v) is 9.70. The summed E-state index contributed by atoms with van der Waals surface area (Å²) < 4.78 is 0. The third kappa shape index (κ3) is 20.2. The molecule has 0 saturated heterocycles. The fourth-order valence-electron chi connectivity index (χ4n) is 6.08. The van der Waals surface area contributed by atoms with Crippen LogP contribution in [0.4, 0.5) is 0 Å². The minimum Gasteiger partial charge on any atom is -0.508 e. The maximum atomic E-state index is 13.8. The minimum absolute atomic E-state index is 0.0879. The van der Waals surface area contributed by atoms with Gasteiger partial charge in [-0.05, 0) is 48.1 Å². The van der Waals surface area contributed by atoms with E-state index < -0.39 is 29.9 Å². The van der Waals surface area contributed by atoms with Gasteiger partial charge in [0, 0.05) is 26.3 Å². The Bertz CT molecular complexity index is 1260. The van der Waals surface area contributed by atoms with E-state index in [-0.39, 0.29) is 30.4 Å². The highest BCUT2D eigenvalue weighted by Crippen LogP contribution is 2.14. The Morgan fingerprint density at radius 2 is 1.08 bits per heavy atom. The van der Waals surface area contributed by atoms with Crippen LogP contribution in [-0.4, -0.2) is 65.4 Å². The van der Waals surface area contributed by atoms with Crippen molar-refractivity contribution in [2.24, 2.45) is 0 Å². The van der Waals surface area contributed by atoms with Gasteiger partial charge in [0.1, 0.15) is 23.9 Å². The van der Waals surface area contributed by atoms with E-state index in [1.807, 2.05) is 36.6 Å². The summed E-state index contributed by atoms with van der Waals surface area (Å²) in [6, 6.07) is 13.1. The molecule has 0 fully saturated rings. The van der Waals surface area contributed by atoms with Gasteiger partial charge in [0.25, 0.3) is 0 Å². The number of amides is 4. The number of carbonyl (C=O) groups is 4. The Kier molecular flexibility index (Phi) is 23.2. The van der Waals surface area contributed by atoms with E-state index in [0.717, 1.165) is 30.4 Å². The molecule has 2 aromatic carbocycles. The van der Waals surface area contributed by atoms with Crippen molar-refractivity contribution in [1.29, 1.82) is 0 Å². The lowest BCUT2D eigenvalue weighted by Gasteiger charge is -2.25. The van der Waals surface area contributed by atoms with Crippen molar-refractivity contribution >= 4 is 35.4 Å². The first-order valence-electron chi connectivity index (χ1n) is 19.2.